The summed E-state index contributed by atoms with van der Waals surface area (Å²) < 4.78 is 11.8. The van der Waals surface area contributed by atoms with Crippen molar-refractivity contribution >= 4 is 22.6 Å². The fraction of sp³-hybridized carbons (Fsp3) is 0.955. The highest BCUT2D eigenvalue weighted by atomic mass is 28.4. The summed E-state index contributed by atoms with van der Waals surface area (Å²) in [5.74, 6) is -0.125. The number of hydrogen-bond acceptors (Lipinski definition) is 3. The first-order chi connectivity index (χ1) is 12.5. The first-order valence-electron chi connectivity index (χ1n) is 11.5. The van der Waals surface area contributed by atoms with Gasteiger partial charge in [-0.3, -0.25) is 4.79 Å². The summed E-state index contributed by atoms with van der Waals surface area (Å²) in [6.07, 6.45) is 16.4. The van der Waals surface area contributed by atoms with Gasteiger partial charge in [-0.1, -0.05) is 84.0 Å². The maximum atomic E-state index is 12.5. The Kier molecular flexibility index (Phi) is 14.7. The van der Waals surface area contributed by atoms with Gasteiger partial charge >= 0.3 is 5.97 Å². The molecule has 1 unspecified atom stereocenters. The number of unbranched alkanes of at least 4 members (excludes halogenated alkanes) is 11. The topological polar surface area (TPSA) is 35.5 Å². The highest BCUT2D eigenvalue weighted by Crippen LogP contribution is 2.18. The molecular formula is C22H48O3Si2. The van der Waals surface area contributed by atoms with Crippen LogP contribution in [0.2, 0.25) is 39.3 Å². The van der Waals surface area contributed by atoms with Gasteiger partial charge in [-0.15, -0.1) is 0 Å². The lowest BCUT2D eigenvalue weighted by Gasteiger charge is -2.28. The van der Waals surface area contributed by atoms with Crippen LogP contribution in [0.5, 0.6) is 0 Å². The lowest BCUT2D eigenvalue weighted by atomic mass is 10.0. The summed E-state index contributed by atoms with van der Waals surface area (Å²) >= 11 is 0. The molecule has 3 nitrogen and oxygen atoms in total. The third kappa shape index (κ3) is 19.0. The standard InChI is InChI=1S/C22H48O3Si2/c1-8-9-10-11-12-13-14-15-16-17-18-19-20-21(24-26(2,3)4)22(23)25-27(5,6)7/h21H,8-20H2,1-7H3. The van der Waals surface area contributed by atoms with Crippen molar-refractivity contribution in [3.63, 3.8) is 0 Å². The Morgan fingerprint density at radius 2 is 1.07 bits per heavy atom. The molecule has 0 aromatic heterocycles. The van der Waals surface area contributed by atoms with Crippen LogP contribution in [-0.4, -0.2) is 28.7 Å². The minimum Gasteiger partial charge on any atom is -0.518 e. The zero-order valence-electron chi connectivity index (χ0n) is 19.5. The van der Waals surface area contributed by atoms with Crippen LogP contribution in [0.25, 0.3) is 0 Å². The molecule has 0 rings (SSSR count). The molecule has 162 valence electrons. The minimum atomic E-state index is -1.86. The summed E-state index contributed by atoms with van der Waals surface area (Å²) in [5, 5.41) is 0. The zero-order valence-corrected chi connectivity index (χ0v) is 21.5. The van der Waals surface area contributed by atoms with E-state index in [1.54, 1.807) is 0 Å². The SMILES string of the molecule is CCCCCCCCCCCCCCC(O[Si](C)(C)C)C(=O)O[Si](C)(C)C. The zero-order chi connectivity index (χ0) is 20.8. The second kappa shape index (κ2) is 14.8. The molecular weight excluding hydrogens is 368 g/mol. The maximum Gasteiger partial charge on any atom is 0.320 e. The van der Waals surface area contributed by atoms with E-state index >= 15 is 0 Å². The molecule has 0 aromatic rings. The van der Waals surface area contributed by atoms with Gasteiger partial charge in [0.1, 0.15) is 6.10 Å². The van der Waals surface area contributed by atoms with Crippen molar-refractivity contribution in [2.75, 3.05) is 0 Å². The van der Waals surface area contributed by atoms with Crippen LogP contribution >= 0.6 is 0 Å². The van der Waals surface area contributed by atoms with Gasteiger partial charge in [0.05, 0.1) is 0 Å². The van der Waals surface area contributed by atoms with E-state index in [1.807, 2.05) is 0 Å². The molecule has 0 bridgehead atoms. The molecule has 5 heteroatoms. The molecule has 0 heterocycles. The molecule has 0 aliphatic rings. The van der Waals surface area contributed by atoms with Crippen molar-refractivity contribution in [1.82, 2.24) is 0 Å². The Hall–Kier alpha value is -0.136. The van der Waals surface area contributed by atoms with Crippen LogP contribution in [0.1, 0.15) is 90.4 Å². The minimum absolute atomic E-state index is 0.125. The highest BCUT2D eigenvalue weighted by Gasteiger charge is 2.30. The van der Waals surface area contributed by atoms with E-state index in [2.05, 4.69) is 46.2 Å². The smallest absolute Gasteiger partial charge is 0.320 e. The van der Waals surface area contributed by atoms with Crippen molar-refractivity contribution in [3.05, 3.63) is 0 Å². The highest BCUT2D eigenvalue weighted by molar-refractivity contribution is 6.71. The summed E-state index contributed by atoms with van der Waals surface area (Å²) in [7, 11) is -3.60. The van der Waals surface area contributed by atoms with Crippen molar-refractivity contribution in [1.29, 1.82) is 0 Å². The Morgan fingerprint density at radius 1 is 0.667 bits per heavy atom. The molecule has 1 atom stereocenters. The average molecular weight is 417 g/mol. The first-order valence-corrected chi connectivity index (χ1v) is 18.3. The third-order valence-corrected chi connectivity index (χ3v) is 6.29. The maximum absolute atomic E-state index is 12.5. The van der Waals surface area contributed by atoms with Crippen LogP contribution in [0.3, 0.4) is 0 Å². The third-order valence-electron chi connectivity index (χ3n) is 4.49. The van der Waals surface area contributed by atoms with E-state index in [4.69, 9.17) is 8.85 Å². The summed E-state index contributed by atoms with van der Waals surface area (Å²) in [6.45, 7) is 14.9. The molecule has 0 spiro atoms. The van der Waals surface area contributed by atoms with Gasteiger partial charge in [-0.2, -0.15) is 0 Å². The van der Waals surface area contributed by atoms with Gasteiger partial charge in [0.25, 0.3) is 0 Å². The van der Waals surface area contributed by atoms with E-state index in [0.29, 0.717) is 0 Å². The Morgan fingerprint density at radius 3 is 1.44 bits per heavy atom. The van der Waals surface area contributed by atoms with Gasteiger partial charge < -0.3 is 8.85 Å². The van der Waals surface area contributed by atoms with Crippen LogP contribution in [-0.2, 0) is 13.6 Å². The Labute approximate surface area is 172 Å². The molecule has 0 aromatic carbocycles. The Bertz CT molecular complexity index is 373. The van der Waals surface area contributed by atoms with Crippen LogP contribution in [0, 0.1) is 0 Å². The van der Waals surface area contributed by atoms with Gasteiger partial charge in [-0.25, -0.2) is 0 Å². The van der Waals surface area contributed by atoms with Crippen LogP contribution < -0.4 is 0 Å². The predicted octanol–water partition coefficient (Wildman–Crippen LogP) is 7.68. The second-order valence-electron chi connectivity index (χ2n) is 9.93. The van der Waals surface area contributed by atoms with Crippen LogP contribution in [0.15, 0.2) is 0 Å². The number of rotatable bonds is 17. The molecule has 0 radical (unpaired) electrons. The predicted molar refractivity (Wildman–Crippen MR) is 123 cm³/mol. The number of carbonyl (C=O) groups excluding carboxylic acids is 1. The molecule has 0 saturated heterocycles. The summed E-state index contributed by atoms with van der Waals surface area (Å²) in [6, 6.07) is 0. The largest absolute Gasteiger partial charge is 0.518 e. The molecule has 0 N–H and O–H groups in total. The molecule has 0 saturated carbocycles. The van der Waals surface area contributed by atoms with E-state index in [0.717, 1.165) is 12.8 Å². The van der Waals surface area contributed by atoms with Crippen LogP contribution in [0.4, 0.5) is 0 Å². The molecule has 0 aliphatic carbocycles. The van der Waals surface area contributed by atoms with Gasteiger partial charge in [0.15, 0.2) is 8.32 Å². The normalized spacial score (nSPS) is 13.6. The van der Waals surface area contributed by atoms with Crippen molar-refractivity contribution in [2.24, 2.45) is 0 Å². The monoisotopic (exact) mass is 416 g/mol. The van der Waals surface area contributed by atoms with E-state index in [-0.39, 0.29) is 12.1 Å². The second-order valence-corrected chi connectivity index (χ2v) is 18.8. The first kappa shape index (κ1) is 26.9. The average Bonchev–Trinajstić information content (AvgIpc) is 2.52. The lowest BCUT2D eigenvalue weighted by molar-refractivity contribution is -0.143. The number of carbonyl (C=O) groups is 1. The molecule has 0 amide bonds. The summed E-state index contributed by atoms with van der Waals surface area (Å²) in [5.41, 5.74) is 0. The number of hydrogen-bond donors (Lipinski definition) is 0. The van der Waals surface area contributed by atoms with Crippen molar-refractivity contribution in [2.45, 2.75) is 136 Å². The fourth-order valence-corrected chi connectivity index (χ4v) is 4.99. The van der Waals surface area contributed by atoms with Gasteiger partial charge in [0, 0.05) is 0 Å². The quantitative estimate of drug-likeness (QED) is 0.180. The Balaban J connectivity index is 3.89. The molecule has 0 fully saturated rings. The fourth-order valence-electron chi connectivity index (χ4n) is 3.19. The van der Waals surface area contributed by atoms with E-state index in [1.165, 1.54) is 70.6 Å². The summed E-state index contributed by atoms with van der Waals surface area (Å²) in [4.78, 5) is 12.5. The van der Waals surface area contributed by atoms with Gasteiger partial charge in [0.2, 0.25) is 8.32 Å². The van der Waals surface area contributed by atoms with Crippen molar-refractivity contribution < 1.29 is 13.6 Å². The molecule has 27 heavy (non-hydrogen) atoms. The van der Waals surface area contributed by atoms with E-state index in [9.17, 15) is 4.79 Å². The molecule has 0 aliphatic heterocycles. The lowest BCUT2D eigenvalue weighted by Crippen LogP contribution is -2.41. The van der Waals surface area contributed by atoms with E-state index < -0.39 is 16.6 Å². The van der Waals surface area contributed by atoms with Crippen molar-refractivity contribution in [3.8, 4) is 0 Å². The van der Waals surface area contributed by atoms with Gasteiger partial charge in [-0.05, 0) is 45.7 Å².